The summed E-state index contributed by atoms with van der Waals surface area (Å²) in [6.07, 6.45) is 2.01. The Morgan fingerprint density at radius 1 is 1.50 bits per heavy atom. The molecule has 0 aromatic carbocycles. The summed E-state index contributed by atoms with van der Waals surface area (Å²) < 4.78 is 10.2. The molecule has 0 amide bonds. The van der Waals surface area contributed by atoms with Crippen molar-refractivity contribution in [1.29, 1.82) is 0 Å². The third kappa shape index (κ3) is 4.07. The number of nitrogens with one attached hydrogen (secondary N) is 1. The van der Waals surface area contributed by atoms with E-state index in [0.717, 1.165) is 25.9 Å². The molecular formula is C10H19NO3. The third-order valence-corrected chi connectivity index (χ3v) is 2.31. The first-order valence-corrected chi connectivity index (χ1v) is 5.29. The first-order valence-electron chi connectivity index (χ1n) is 5.29. The quantitative estimate of drug-likeness (QED) is 0.521. The molecule has 4 heteroatoms. The first kappa shape index (κ1) is 11.5. The predicted octanol–water partition coefficient (Wildman–Crippen LogP) is 0.566. The number of piperidine rings is 1. The van der Waals surface area contributed by atoms with Gasteiger partial charge in [0.15, 0.2) is 0 Å². The summed E-state index contributed by atoms with van der Waals surface area (Å²) in [7, 11) is 0. The monoisotopic (exact) mass is 201 g/mol. The second-order valence-electron chi connectivity index (χ2n) is 3.41. The summed E-state index contributed by atoms with van der Waals surface area (Å²) in [4.78, 5) is 11.4. The van der Waals surface area contributed by atoms with Crippen molar-refractivity contribution in [1.82, 2.24) is 5.32 Å². The van der Waals surface area contributed by atoms with Crippen molar-refractivity contribution in [3.05, 3.63) is 0 Å². The molecule has 0 aromatic rings. The van der Waals surface area contributed by atoms with Crippen molar-refractivity contribution in [2.75, 3.05) is 32.9 Å². The van der Waals surface area contributed by atoms with Gasteiger partial charge in [-0.3, -0.25) is 4.79 Å². The second kappa shape index (κ2) is 6.79. The highest BCUT2D eigenvalue weighted by molar-refractivity contribution is 5.72. The molecular weight excluding hydrogens is 182 g/mol. The summed E-state index contributed by atoms with van der Waals surface area (Å²) in [5, 5.41) is 3.19. The SMILES string of the molecule is CCOCCOC(=O)C1CCCNC1. The fourth-order valence-corrected chi connectivity index (χ4v) is 1.52. The van der Waals surface area contributed by atoms with Gasteiger partial charge < -0.3 is 14.8 Å². The Kier molecular flexibility index (Phi) is 5.56. The number of carbonyl (C=O) groups excluding carboxylic acids is 1. The zero-order valence-electron chi connectivity index (χ0n) is 8.75. The van der Waals surface area contributed by atoms with Crippen molar-refractivity contribution in [3.8, 4) is 0 Å². The summed E-state index contributed by atoms with van der Waals surface area (Å²) in [5.74, 6) is -0.0396. The maximum Gasteiger partial charge on any atom is 0.310 e. The number of ether oxygens (including phenoxy) is 2. The highest BCUT2D eigenvalue weighted by Gasteiger charge is 2.21. The lowest BCUT2D eigenvalue weighted by Gasteiger charge is -2.20. The van der Waals surface area contributed by atoms with Crippen LogP contribution in [0.4, 0.5) is 0 Å². The molecule has 1 heterocycles. The maximum atomic E-state index is 11.4. The average molecular weight is 201 g/mol. The summed E-state index contributed by atoms with van der Waals surface area (Å²) in [6, 6.07) is 0. The van der Waals surface area contributed by atoms with E-state index in [0.29, 0.717) is 19.8 Å². The van der Waals surface area contributed by atoms with Crippen LogP contribution < -0.4 is 5.32 Å². The molecule has 14 heavy (non-hydrogen) atoms. The highest BCUT2D eigenvalue weighted by Crippen LogP contribution is 2.11. The van der Waals surface area contributed by atoms with Crippen molar-refractivity contribution >= 4 is 5.97 Å². The third-order valence-electron chi connectivity index (χ3n) is 2.31. The van der Waals surface area contributed by atoms with Gasteiger partial charge in [0.1, 0.15) is 6.61 Å². The van der Waals surface area contributed by atoms with Gasteiger partial charge in [-0.15, -0.1) is 0 Å². The van der Waals surface area contributed by atoms with E-state index in [1.165, 1.54) is 0 Å². The Hall–Kier alpha value is -0.610. The molecule has 82 valence electrons. The van der Waals surface area contributed by atoms with Crippen LogP contribution in [0.2, 0.25) is 0 Å². The molecule has 1 atom stereocenters. The van der Waals surface area contributed by atoms with Crippen LogP contribution in [0, 0.1) is 5.92 Å². The fraction of sp³-hybridized carbons (Fsp3) is 0.900. The van der Waals surface area contributed by atoms with E-state index >= 15 is 0 Å². The molecule has 4 nitrogen and oxygen atoms in total. The van der Waals surface area contributed by atoms with Gasteiger partial charge in [0.2, 0.25) is 0 Å². The first-order chi connectivity index (χ1) is 6.84. The average Bonchev–Trinajstić information content (AvgIpc) is 2.25. The molecule has 0 aliphatic carbocycles. The van der Waals surface area contributed by atoms with Crippen LogP contribution >= 0.6 is 0 Å². The van der Waals surface area contributed by atoms with E-state index in [1.54, 1.807) is 0 Å². The highest BCUT2D eigenvalue weighted by atomic mass is 16.6. The van der Waals surface area contributed by atoms with Crippen molar-refractivity contribution in [3.63, 3.8) is 0 Å². The van der Waals surface area contributed by atoms with Crippen molar-refractivity contribution < 1.29 is 14.3 Å². The summed E-state index contributed by atoms with van der Waals surface area (Å²) >= 11 is 0. The number of carbonyl (C=O) groups is 1. The molecule has 1 unspecified atom stereocenters. The number of rotatable bonds is 5. The van der Waals surface area contributed by atoms with E-state index in [9.17, 15) is 4.79 Å². The Balaban J connectivity index is 2.07. The van der Waals surface area contributed by atoms with Crippen molar-refractivity contribution in [2.45, 2.75) is 19.8 Å². The van der Waals surface area contributed by atoms with Crippen LogP contribution in [-0.2, 0) is 14.3 Å². The van der Waals surface area contributed by atoms with Gasteiger partial charge in [0.25, 0.3) is 0 Å². The van der Waals surface area contributed by atoms with Crippen molar-refractivity contribution in [2.24, 2.45) is 5.92 Å². The van der Waals surface area contributed by atoms with E-state index in [4.69, 9.17) is 9.47 Å². The van der Waals surface area contributed by atoms with Gasteiger partial charge in [-0.05, 0) is 26.3 Å². The molecule has 1 aliphatic heterocycles. The van der Waals surface area contributed by atoms with Gasteiger partial charge in [0, 0.05) is 13.2 Å². The second-order valence-corrected chi connectivity index (χ2v) is 3.41. The van der Waals surface area contributed by atoms with Gasteiger partial charge >= 0.3 is 5.97 Å². The predicted molar refractivity (Wildman–Crippen MR) is 53.0 cm³/mol. The topological polar surface area (TPSA) is 47.6 Å². The van der Waals surface area contributed by atoms with Crippen LogP contribution in [0.5, 0.6) is 0 Å². The Labute approximate surface area is 85.0 Å². The molecule has 1 saturated heterocycles. The molecule has 0 aromatic heterocycles. The lowest BCUT2D eigenvalue weighted by Crippen LogP contribution is -2.35. The zero-order valence-corrected chi connectivity index (χ0v) is 8.75. The van der Waals surface area contributed by atoms with E-state index < -0.39 is 0 Å². The normalized spacial score (nSPS) is 21.9. The molecule has 1 rings (SSSR count). The smallest absolute Gasteiger partial charge is 0.310 e. The van der Waals surface area contributed by atoms with Gasteiger partial charge in [-0.2, -0.15) is 0 Å². The largest absolute Gasteiger partial charge is 0.463 e. The van der Waals surface area contributed by atoms with E-state index in [-0.39, 0.29) is 11.9 Å². The molecule has 0 bridgehead atoms. The molecule has 0 spiro atoms. The Morgan fingerprint density at radius 2 is 2.36 bits per heavy atom. The van der Waals surface area contributed by atoms with Crippen LogP contribution in [0.25, 0.3) is 0 Å². The van der Waals surface area contributed by atoms with Gasteiger partial charge in [-0.25, -0.2) is 0 Å². The van der Waals surface area contributed by atoms with E-state index in [2.05, 4.69) is 5.32 Å². The Morgan fingerprint density at radius 3 is 3.00 bits per heavy atom. The van der Waals surface area contributed by atoms with Gasteiger partial charge in [-0.1, -0.05) is 0 Å². The van der Waals surface area contributed by atoms with Crippen LogP contribution in [-0.4, -0.2) is 38.9 Å². The minimum absolute atomic E-state index is 0.0466. The zero-order chi connectivity index (χ0) is 10.2. The fourth-order valence-electron chi connectivity index (χ4n) is 1.52. The maximum absolute atomic E-state index is 11.4. The molecule has 1 N–H and O–H groups in total. The minimum Gasteiger partial charge on any atom is -0.463 e. The number of hydrogen-bond donors (Lipinski definition) is 1. The number of esters is 1. The lowest BCUT2D eigenvalue weighted by molar-refractivity contribution is -0.150. The molecule has 0 radical (unpaired) electrons. The van der Waals surface area contributed by atoms with Crippen LogP contribution in [0.1, 0.15) is 19.8 Å². The molecule has 1 fully saturated rings. The summed E-state index contributed by atoms with van der Waals surface area (Å²) in [5.41, 5.74) is 0. The Bertz CT molecular complexity index is 167. The van der Waals surface area contributed by atoms with Crippen LogP contribution in [0.3, 0.4) is 0 Å². The molecule has 1 aliphatic rings. The lowest BCUT2D eigenvalue weighted by atomic mass is 10.0. The number of hydrogen-bond acceptors (Lipinski definition) is 4. The standard InChI is InChI=1S/C10H19NO3/c1-2-13-6-7-14-10(12)9-4-3-5-11-8-9/h9,11H,2-8H2,1H3. The van der Waals surface area contributed by atoms with E-state index in [1.807, 2.05) is 6.92 Å². The minimum atomic E-state index is -0.0862. The van der Waals surface area contributed by atoms with Crippen LogP contribution in [0.15, 0.2) is 0 Å². The van der Waals surface area contributed by atoms with Gasteiger partial charge in [0.05, 0.1) is 12.5 Å². The summed E-state index contributed by atoms with van der Waals surface area (Å²) in [6.45, 7) is 5.25. The molecule has 0 saturated carbocycles.